The third kappa shape index (κ3) is 2.97. The molecule has 0 aliphatic carbocycles. The van der Waals surface area contributed by atoms with E-state index in [9.17, 15) is 4.79 Å². The van der Waals surface area contributed by atoms with E-state index < -0.39 is 0 Å². The Morgan fingerprint density at radius 1 is 1.38 bits per heavy atom. The number of fused-ring (bicyclic) bond motifs is 1. The Balaban J connectivity index is 1.75. The molecule has 0 fully saturated rings. The number of halogens is 1. The first-order valence-corrected chi connectivity index (χ1v) is 7.40. The summed E-state index contributed by atoms with van der Waals surface area (Å²) in [7, 11) is 0. The number of para-hydroxylation sites is 1. The predicted molar refractivity (Wildman–Crippen MR) is 87.3 cm³/mol. The van der Waals surface area contributed by atoms with Crippen LogP contribution in [0.3, 0.4) is 0 Å². The summed E-state index contributed by atoms with van der Waals surface area (Å²) in [6.07, 6.45) is 3.86. The number of aromatic amines is 1. The van der Waals surface area contributed by atoms with Gasteiger partial charge in [-0.15, -0.1) is 0 Å². The molecule has 0 atom stereocenters. The van der Waals surface area contributed by atoms with Gasteiger partial charge in [0.25, 0.3) is 0 Å². The van der Waals surface area contributed by atoms with E-state index >= 15 is 0 Å². The Bertz CT molecular complexity index is 810. The van der Waals surface area contributed by atoms with Crippen molar-refractivity contribution in [3.05, 3.63) is 58.5 Å². The van der Waals surface area contributed by atoms with Gasteiger partial charge in [-0.1, -0.05) is 18.2 Å². The molecule has 0 aliphatic heterocycles. The molecule has 0 unspecified atom stereocenters. The molecule has 21 heavy (non-hydrogen) atoms. The number of benzene rings is 1. The lowest BCUT2D eigenvalue weighted by Gasteiger charge is -2.06. The van der Waals surface area contributed by atoms with Gasteiger partial charge < -0.3 is 10.3 Å². The van der Waals surface area contributed by atoms with E-state index in [-0.39, 0.29) is 5.91 Å². The first kappa shape index (κ1) is 13.8. The molecule has 0 saturated carbocycles. The van der Waals surface area contributed by atoms with Gasteiger partial charge in [-0.2, -0.15) is 0 Å². The summed E-state index contributed by atoms with van der Waals surface area (Å²) in [5, 5.41) is 3.96. The molecule has 1 amide bonds. The second kappa shape index (κ2) is 5.69. The molecule has 0 spiro atoms. The third-order valence-electron chi connectivity index (χ3n) is 3.32. The van der Waals surface area contributed by atoms with Crippen LogP contribution in [0.1, 0.15) is 11.1 Å². The third-order valence-corrected chi connectivity index (χ3v) is 4.15. The number of pyridine rings is 1. The maximum atomic E-state index is 12.2. The number of aromatic nitrogens is 2. The van der Waals surface area contributed by atoms with Crippen molar-refractivity contribution in [2.45, 2.75) is 13.3 Å². The maximum Gasteiger partial charge on any atom is 0.228 e. The smallest absolute Gasteiger partial charge is 0.228 e. The maximum absolute atomic E-state index is 12.2. The van der Waals surface area contributed by atoms with Crippen LogP contribution in [-0.2, 0) is 11.2 Å². The standard InChI is InChI=1S/C16H14BrN3O/c1-10-6-12(9-19-16(10)17)20-15(21)7-11-8-18-14-5-3-2-4-13(11)14/h2-6,8-9,18H,7H2,1H3,(H,20,21). The highest BCUT2D eigenvalue weighted by molar-refractivity contribution is 9.10. The van der Waals surface area contributed by atoms with Gasteiger partial charge in [-0.3, -0.25) is 4.79 Å². The number of hydrogen-bond donors (Lipinski definition) is 2. The molecule has 3 rings (SSSR count). The zero-order chi connectivity index (χ0) is 14.8. The van der Waals surface area contributed by atoms with Gasteiger partial charge in [-0.05, 0) is 46.1 Å². The van der Waals surface area contributed by atoms with Crippen LogP contribution in [0.4, 0.5) is 5.69 Å². The highest BCUT2D eigenvalue weighted by atomic mass is 79.9. The molecule has 1 aromatic carbocycles. The summed E-state index contributed by atoms with van der Waals surface area (Å²) >= 11 is 3.34. The van der Waals surface area contributed by atoms with Gasteiger partial charge in [0, 0.05) is 17.1 Å². The van der Waals surface area contributed by atoms with Crippen LogP contribution in [0.15, 0.2) is 47.3 Å². The summed E-state index contributed by atoms with van der Waals surface area (Å²) < 4.78 is 0.789. The van der Waals surface area contributed by atoms with Crippen LogP contribution in [0, 0.1) is 6.92 Å². The van der Waals surface area contributed by atoms with Crippen molar-refractivity contribution in [1.29, 1.82) is 0 Å². The van der Waals surface area contributed by atoms with Crippen molar-refractivity contribution in [2.24, 2.45) is 0 Å². The summed E-state index contributed by atoms with van der Waals surface area (Å²) in [6, 6.07) is 9.85. The Labute approximate surface area is 130 Å². The van der Waals surface area contributed by atoms with Crippen LogP contribution in [0.5, 0.6) is 0 Å². The summed E-state index contributed by atoms with van der Waals surface area (Å²) in [4.78, 5) is 19.5. The number of H-pyrrole nitrogens is 1. The zero-order valence-corrected chi connectivity index (χ0v) is 13.1. The van der Waals surface area contributed by atoms with Crippen molar-refractivity contribution in [1.82, 2.24) is 9.97 Å². The average molecular weight is 344 g/mol. The van der Waals surface area contributed by atoms with Crippen molar-refractivity contribution in [3.8, 4) is 0 Å². The molecule has 0 bridgehead atoms. The minimum atomic E-state index is -0.0525. The van der Waals surface area contributed by atoms with Gasteiger partial charge in [-0.25, -0.2) is 4.98 Å². The Kier molecular flexibility index (Phi) is 3.75. The van der Waals surface area contributed by atoms with E-state index in [0.717, 1.165) is 26.6 Å². The van der Waals surface area contributed by atoms with Crippen LogP contribution in [0.25, 0.3) is 10.9 Å². The quantitative estimate of drug-likeness (QED) is 0.710. The highest BCUT2D eigenvalue weighted by Gasteiger charge is 2.09. The number of nitrogens with zero attached hydrogens (tertiary/aromatic N) is 1. The lowest BCUT2D eigenvalue weighted by molar-refractivity contribution is -0.115. The first-order valence-electron chi connectivity index (χ1n) is 6.60. The number of rotatable bonds is 3. The molecular weight excluding hydrogens is 330 g/mol. The predicted octanol–water partition coefficient (Wildman–Crippen LogP) is 3.82. The second-order valence-corrected chi connectivity index (χ2v) is 5.67. The molecule has 5 heteroatoms. The van der Waals surface area contributed by atoms with Gasteiger partial charge in [0.05, 0.1) is 18.3 Å². The molecular formula is C16H14BrN3O. The monoisotopic (exact) mass is 343 g/mol. The first-order chi connectivity index (χ1) is 10.1. The van der Waals surface area contributed by atoms with Crippen molar-refractivity contribution >= 4 is 38.4 Å². The van der Waals surface area contributed by atoms with E-state index in [0.29, 0.717) is 12.1 Å². The SMILES string of the molecule is Cc1cc(NC(=O)Cc2c[nH]c3ccccc23)cnc1Br. The number of amides is 1. The fraction of sp³-hybridized carbons (Fsp3) is 0.125. The molecule has 0 saturated heterocycles. The summed E-state index contributed by atoms with van der Waals surface area (Å²) in [6.45, 7) is 1.94. The number of carbonyl (C=O) groups is 1. The normalized spacial score (nSPS) is 10.8. The fourth-order valence-electron chi connectivity index (χ4n) is 2.28. The largest absolute Gasteiger partial charge is 0.361 e. The highest BCUT2D eigenvalue weighted by Crippen LogP contribution is 2.20. The lowest BCUT2D eigenvalue weighted by atomic mass is 10.1. The molecule has 2 aromatic heterocycles. The van der Waals surface area contributed by atoms with Gasteiger partial charge in [0.2, 0.25) is 5.91 Å². The van der Waals surface area contributed by atoms with E-state index in [1.165, 1.54) is 0 Å². The summed E-state index contributed by atoms with van der Waals surface area (Å²) in [5.41, 5.74) is 3.73. The fourth-order valence-corrected chi connectivity index (χ4v) is 2.50. The molecule has 4 nitrogen and oxygen atoms in total. The van der Waals surface area contributed by atoms with Gasteiger partial charge in [0.15, 0.2) is 0 Å². The minimum absolute atomic E-state index is 0.0525. The molecule has 2 N–H and O–H groups in total. The van der Waals surface area contributed by atoms with Crippen molar-refractivity contribution < 1.29 is 4.79 Å². The van der Waals surface area contributed by atoms with Crippen LogP contribution in [0.2, 0.25) is 0 Å². The number of anilines is 1. The van der Waals surface area contributed by atoms with Crippen molar-refractivity contribution in [3.63, 3.8) is 0 Å². The lowest BCUT2D eigenvalue weighted by Crippen LogP contribution is -2.14. The van der Waals surface area contributed by atoms with E-state index in [1.807, 2.05) is 43.5 Å². The van der Waals surface area contributed by atoms with E-state index in [4.69, 9.17) is 0 Å². The number of aryl methyl sites for hydroxylation is 1. The molecule has 0 radical (unpaired) electrons. The second-order valence-electron chi connectivity index (χ2n) is 4.92. The molecule has 2 heterocycles. The topological polar surface area (TPSA) is 57.8 Å². The number of nitrogens with one attached hydrogen (secondary N) is 2. The molecule has 106 valence electrons. The number of hydrogen-bond acceptors (Lipinski definition) is 2. The zero-order valence-electron chi connectivity index (χ0n) is 11.5. The number of carbonyl (C=O) groups excluding carboxylic acids is 1. The summed E-state index contributed by atoms with van der Waals surface area (Å²) in [5.74, 6) is -0.0525. The Morgan fingerprint density at radius 3 is 3.00 bits per heavy atom. The van der Waals surface area contributed by atoms with Gasteiger partial charge >= 0.3 is 0 Å². The average Bonchev–Trinajstić information content (AvgIpc) is 2.86. The molecule has 0 aliphatic rings. The van der Waals surface area contributed by atoms with E-state index in [1.54, 1.807) is 6.20 Å². The Hall–Kier alpha value is -2.14. The van der Waals surface area contributed by atoms with Crippen molar-refractivity contribution in [2.75, 3.05) is 5.32 Å². The van der Waals surface area contributed by atoms with E-state index in [2.05, 4.69) is 31.2 Å². The van der Waals surface area contributed by atoms with Crippen LogP contribution in [-0.4, -0.2) is 15.9 Å². The Morgan fingerprint density at radius 2 is 2.19 bits per heavy atom. The molecule has 3 aromatic rings. The van der Waals surface area contributed by atoms with Crippen LogP contribution < -0.4 is 5.32 Å². The van der Waals surface area contributed by atoms with Gasteiger partial charge in [0.1, 0.15) is 4.60 Å². The van der Waals surface area contributed by atoms with Crippen LogP contribution >= 0.6 is 15.9 Å². The minimum Gasteiger partial charge on any atom is -0.361 e.